The topological polar surface area (TPSA) is 109 Å². The molecule has 172 valence electrons. The molecule has 0 aliphatic carbocycles. The Kier molecular flexibility index (Phi) is 5.03. The van der Waals surface area contributed by atoms with Gasteiger partial charge in [-0.3, -0.25) is 14.8 Å². The van der Waals surface area contributed by atoms with E-state index in [4.69, 9.17) is 5.73 Å². The van der Waals surface area contributed by atoms with Crippen molar-refractivity contribution in [1.82, 2.24) is 15.0 Å². The lowest BCUT2D eigenvalue weighted by Gasteiger charge is -2.28. The van der Waals surface area contributed by atoms with Crippen LogP contribution in [0.15, 0.2) is 47.7 Å². The van der Waals surface area contributed by atoms with Gasteiger partial charge >= 0.3 is 6.18 Å². The maximum Gasteiger partial charge on any atom is 0.416 e. The number of amidine groups is 1. The van der Waals surface area contributed by atoms with Crippen LogP contribution in [-0.2, 0) is 6.18 Å². The fourth-order valence-corrected chi connectivity index (χ4v) is 3.93. The highest BCUT2D eigenvalue weighted by Gasteiger charge is 2.32. The summed E-state index contributed by atoms with van der Waals surface area (Å²) in [6.07, 6.45) is -0.0456. The van der Waals surface area contributed by atoms with Gasteiger partial charge in [0, 0.05) is 35.8 Å². The summed E-state index contributed by atoms with van der Waals surface area (Å²) in [4.78, 5) is 31.4. The van der Waals surface area contributed by atoms with Gasteiger partial charge in [-0.15, -0.1) is 0 Å². The van der Waals surface area contributed by atoms with Crippen molar-refractivity contribution >= 4 is 40.8 Å². The minimum Gasteiger partial charge on any atom is -0.368 e. The van der Waals surface area contributed by atoms with E-state index in [1.54, 1.807) is 18.3 Å². The first kappa shape index (κ1) is 21.6. The van der Waals surface area contributed by atoms with Crippen LogP contribution >= 0.6 is 0 Å². The number of nitrogens with two attached hydrogens (primary N) is 1. The predicted molar refractivity (Wildman–Crippen MR) is 122 cm³/mol. The molecule has 34 heavy (non-hydrogen) atoms. The first-order chi connectivity index (χ1) is 16.2. The highest BCUT2D eigenvalue weighted by atomic mass is 19.4. The van der Waals surface area contributed by atoms with E-state index in [-0.39, 0.29) is 11.6 Å². The van der Waals surface area contributed by atoms with E-state index in [2.05, 4.69) is 25.3 Å². The number of halogens is 3. The van der Waals surface area contributed by atoms with Crippen molar-refractivity contribution < 1.29 is 18.0 Å². The summed E-state index contributed by atoms with van der Waals surface area (Å²) in [7, 11) is 0. The van der Waals surface area contributed by atoms with Crippen LogP contribution in [0, 0.1) is 6.92 Å². The maximum absolute atomic E-state index is 13.0. The first-order valence-corrected chi connectivity index (χ1v) is 10.3. The molecule has 0 bridgehead atoms. The molecule has 4 heterocycles. The number of benzene rings is 1. The lowest BCUT2D eigenvalue weighted by Crippen LogP contribution is -2.32. The largest absolute Gasteiger partial charge is 0.416 e. The van der Waals surface area contributed by atoms with Crippen molar-refractivity contribution in [3.05, 3.63) is 70.7 Å². The van der Waals surface area contributed by atoms with E-state index >= 15 is 0 Å². The van der Waals surface area contributed by atoms with Crippen molar-refractivity contribution in [3.63, 3.8) is 0 Å². The molecule has 0 saturated carbocycles. The van der Waals surface area contributed by atoms with Crippen molar-refractivity contribution in [3.8, 4) is 0 Å². The highest BCUT2D eigenvalue weighted by molar-refractivity contribution is 6.36. The van der Waals surface area contributed by atoms with Gasteiger partial charge in [0.05, 0.1) is 12.1 Å². The summed E-state index contributed by atoms with van der Waals surface area (Å²) < 4.78 is 39.0. The van der Waals surface area contributed by atoms with E-state index < -0.39 is 17.6 Å². The van der Waals surface area contributed by atoms with Crippen LogP contribution in [0.3, 0.4) is 0 Å². The van der Waals surface area contributed by atoms with E-state index in [0.717, 1.165) is 46.4 Å². The smallest absolute Gasteiger partial charge is 0.368 e. The number of hydrogen-bond donors (Lipinski definition) is 2. The summed E-state index contributed by atoms with van der Waals surface area (Å²) >= 11 is 0. The van der Waals surface area contributed by atoms with Gasteiger partial charge in [0.1, 0.15) is 17.3 Å². The summed E-state index contributed by atoms with van der Waals surface area (Å²) in [6, 6.07) is 6.80. The van der Waals surface area contributed by atoms with Gasteiger partial charge in [0.25, 0.3) is 5.91 Å². The second-order valence-corrected chi connectivity index (χ2v) is 7.83. The minimum atomic E-state index is -4.57. The number of aryl methyl sites for hydroxylation is 1. The third-order valence-corrected chi connectivity index (χ3v) is 5.56. The fourth-order valence-electron chi connectivity index (χ4n) is 3.93. The van der Waals surface area contributed by atoms with Crippen molar-refractivity contribution in [2.24, 2.45) is 4.99 Å². The molecule has 1 aromatic carbocycles. The number of amides is 1. The number of nitrogens with one attached hydrogen (secondary N) is 1. The van der Waals surface area contributed by atoms with Crippen LogP contribution in [0.2, 0.25) is 0 Å². The Bertz CT molecular complexity index is 1380. The molecular weight excluding hydrogens is 447 g/mol. The SMILES string of the molecule is Cc1ccc(NC(=O)c2cc(C(F)(F)F)ccn2)cc1C1=Cc2cnc(N)nc2N2CCN=C12. The summed E-state index contributed by atoms with van der Waals surface area (Å²) in [5.74, 6) is 0.848. The van der Waals surface area contributed by atoms with Crippen LogP contribution in [0.1, 0.15) is 32.7 Å². The van der Waals surface area contributed by atoms with E-state index in [1.165, 1.54) is 0 Å². The van der Waals surface area contributed by atoms with Crippen molar-refractivity contribution in [1.29, 1.82) is 0 Å². The third-order valence-electron chi connectivity index (χ3n) is 5.56. The van der Waals surface area contributed by atoms with E-state index in [0.29, 0.717) is 24.6 Å². The molecule has 11 heteroatoms. The fraction of sp³-hybridized carbons (Fsp3) is 0.174. The number of fused-ring (bicyclic) bond motifs is 3. The van der Waals surface area contributed by atoms with Crippen LogP contribution in [0.25, 0.3) is 11.6 Å². The molecule has 0 saturated heterocycles. The Morgan fingerprint density at radius 3 is 2.79 bits per heavy atom. The van der Waals surface area contributed by atoms with Gasteiger partial charge in [-0.05, 0) is 48.4 Å². The number of nitrogens with zero attached hydrogens (tertiary/aromatic N) is 5. The Balaban J connectivity index is 1.49. The normalized spacial score (nSPS) is 14.8. The number of anilines is 3. The van der Waals surface area contributed by atoms with Crippen LogP contribution in [-0.4, -0.2) is 39.8 Å². The molecule has 8 nitrogen and oxygen atoms in total. The molecule has 1 amide bonds. The number of carbonyl (C=O) groups excluding carboxylic acids is 1. The molecule has 5 rings (SSSR count). The van der Waals surface area contributed by atoms with Gasteiger partial charge in [0.15, 0.2) is 0 Å². The molecule has 0 fully saturated rings. The summed E-state index contributed by atoms with van der Waals surface area (Å²) in [5, 5.41) is 2.64. The molecule has 2 aliphatic heterocycles. The second-order valence-electron chi connectivity index (χ2n) is 7.83. The molecule has 3 N–H and O–H groups in total. The molecule has 2 aromatic heterocycles. The molecule has 3 aromatic rings. The Morgan fingerprint density at radius 2 is 2.00 bits per heavy atom. The lowest BCUT2D eigenvalue weighted by atomic mass is 9.94. The first-order valence-electron chi connectivity index (χ1n) is 10.3. The summed E-state index contributed by atoms with van der Waals surface area (Å²) in [6.45, 7) is 3.16. The second kappa shape index (κ2) is 7.94. The number of nitrogen functional groups attached to an aromatic ring is 1. The molecule has 2 aliphatic rings. The Hall–Kier alpha value is -4.28. The van der Waals surface area contributed by atoms with E-state index in [9.17, 15) is 18.0 Å². The molecule has 0 radical (unpaired) electrons. The molecule has 0 atom stereocenters. The van der Waals surface area contributed by atoms with Crippen LogP contribution in [0.5, 0.6) is 0 Å². The quantitative estimate of drug-likeness (QED) is 0.609. The van der Waals surface area contributed by atoms with Gasteiger partial charge in [-0.2, -0.15) is 18.2 Å². The monoisotopic (exact) mass is 465 g/mol. The molecule has 0 unspecified atom stereocenters. The van der Waals surface area contributed by atoms with E-state index in [1.807, 2.05) is 24.0 Å². The minimum absolute atomic E-state index is 0.172. The zero-order valence-corrected chi connectivity index (χ0v) is 17.9. The number of aromatic nitrogens is 3. The summed E-state index contributed by atoms with van der Waals surface area (Å²) in [5.41, 5.74) is 8.25. The predicted octanol–water partition coefficient (Wildman–Crippen LogP) is 3.81. The standard InChI is InChI=1S/C23H18F3N7O/c1-12-2-3-15(31-21(34)18-9-14(4-5-28-18)23(24,25)26)10-16(12)17-8-13-11-30-22(27)32-19(13)33-7-6-29-20(17)33/h2-5,8-11H,6-7H2,1H3,(H,31,34)(H2,27,30,32). The van der Waals surface area contributed by atoms with Gasteiger partial charge in [-0.1, -0.05) is 6.07 Å². The molecule has 0 spiro atoms. The number of pyridine rings is 1. The lowest BCUT2D eigenvalue weighted by molar-refractivity contribution is -0.137. The number of aliphatic imine (C=N–C) groups is 1. The Morgan fingerprint density at radius 1 is 1.18 bits per heavy atom. The van der Waals surface area contributed by atoms with Crippen LogP contribution in [0.4, 0.5) is 30.6 Å². The number of rotatable bonds is 3. The van der Waals surface area contributed by atoms with Gasteiger partial charge in [-0.25, -0.2) is 4.98 Å². The molecular formula is C23H18F3N7O. The van der Waals surface area contributed by atoms with Crippen molar-refractivity contribution in [2.75, 3.05) is 29.0 Å². The number of hydrogen-bond acceptors (Lipinski definition) is 7. The average Bonchev–Trinajstić information content (AvgIpc) is 3.30. The third kappa shape index (κ3) is 3.85. The zero-order chi connectivity index (χ0) is 24.0. The van der Waals surface area contributed by atoms with Crippen molar-refractivity contribution in [2.45, 2.75) is 13.1 Å². The van der Waals surface area contributed by atoms with Gasteiger partial charge in [0.2, 0.25) is 5.95 Å². The average molecular weight is 465 g/mol. The maximum atomic E-state index is 13.0. The number of carbonyl (C=O) groups is 1. The zero-order valence-electron chi connectivity index (χ0n) is 17.9. The highest BCUT2D eigenvalue weighted by Crippen LogP contribution is 2.37. The van der Waals surface area contributed by atoms with Crippen LogP contribution < -0.4 is 16.0 Å². The van der Waals surface area contributed by atoms with Gasteiger partial charge < -0.3 is 16.0 Å². The Labute approximate surface area is 192 Å². The number of alkyl halides is 3.